The second-order valence-corrected chi connectivity index (χ2v) is 5.25. The van der Waals surface area contributed by atoms with E-state index in [0.29, 0.717) is 18.9 Å². The molecule has 1 aliphatic heterocycles. The maximum Gasteiger partial charge on any atom is 0.311 e. The summed E-state index contributed by atoms with van der Waals surface area (Å²) < 4.78 is 5.84. The zero-order chi connectivity index (χ0) is 13.3. The van der Waals surface area contributed by atoms with E-state index in [2.05, 4.69) is 19.9 Å². The molecule has 1 N–H and O–H groups in total. The number of fused-ring (bicyclic) bond motifs is 1. The van der Waals surface area contributed by atoms with Gasteiger partial charge in [-0.25, -0.2) is 0 Å². The highest BCUT2D eigenvalue weighted by Crippen LogP contribution is 2.40. The highest BCUT2D eigenvalue weighted by Gasteiger charge is 2.29. The first-order chi connectivity index (χ1) is 8.52. The number of carbonyl (C=O) groups is 1. The van der Waals surface area contributed by atoms with Gasteiger partial charge in [0, 0.05) is 5.56 Å². The lowest BCUT2D eigenvalue weighted by Crippen LogP contribution is -2.13. The monoisotopic (exact) mass is 248 g/mol. The van der Waals surface area contributed by atoms with Crippen molar-refractivity contribution in [3.63, 3.8) is 0 Å². The van der Waals surface area contributed by atoms with Crippen LogP contribution in [0.2, 0.25) is 0 Å². The summed E-state index contributed by atoms with van der Waals surface area (Å²) in [5.41, 5.74) is 3.01. The summed E-state index contributed by atoms with van der Waals surface area (Å²) in [6.07, 6.45) is 1.45. The first-order valence-corrected chi connectivity index (χ1v) is 6.51. The lowest BCUT2D eigenvalue weighted by molar-refractivity contribution is -0.139. The van der Waals surface area contributed by atoms with E-state index in [-0.39, 0.29) is 0 Å². The van der Waals surface area contributed by atoms with Crippen molar-refractivity contribution in [2.75, 3.05) is 6.61 Å². The van der Waals surface area contributed by atoms with Crippen LogP contribution in [0.4, 0.5) is 0 Å². The highest BCUT2D eigenvalue weighted by atomic mass is 16.5. The van der Waals surface area contributed by atoms with Gasteiger partial charge in [-0.15, -0.1) is 0 Å². The topological polar surface area (TPSA) is 46.5 Å². The van der Waals surface area contributed by atoms with Crippen molar-refractivity contribution in [1.82, 2.24) is 0 Å². The smallest absolute Gasteiger partial charge is 0.311 e. The minimum atomic E-state index is -0.745. The van der Waals surface area contributed by atoms with Crippen molar-refractivity contribution < 1.29 is 14.6 Å². The molecule has 0 saturated heterocycles. The summed E-state index contributed by atoms with van der Waals surface area (Å²) in [6, 6.07) is 4.07. The molecule has 0 spiro atoms. The molecule has 2 rings (SSSR count). The van der Waals surface area contributed by atoms with Crippen LogP contribution in [0.25, 0.3) is 0 Å². The van der Waals surface area contributed by atoms with Crippen LogP contribution in [0.5, 0.6) is 5.75 Å². The lowest BCUT2D eigenvalue weighted by Gasteiger charge is -2.20. The molecule has 1 unspecified atom stereocenters. The molecular formula is C15H20O3. The van der Waals surface area contributed by atoms with Gasteiger partial charge in [0.05, 0.1) is 12.5 Å². The molecule has 3 heteroatoms. The van der Waals surface area contributed by atoms with E-state index in [1.165, 1.54) is 0 Å². The molecule has 0 bridgehead atoms. The fourth-order valence-electron chi connectivity index (χ4n) is 2.62. The van der Waals surface area contributed by atoms with Gasteiger partial charge in [-0.05, 0) is 36.8 Å². The molecule has 0 fully saturated rings. The Kier molecular flexibility index (Phi) is 3.60. The Bertz CT molecular complexity index is 463. The number of carboxylic acid groups (broad SMARTS) is 1. The van der Waals surface area contributed by atoms with Gasteiger partial charge < -0.3 is 9.84 Å². The third-order valence-electron chi connectivity index (χ3n) is 3.60. The summed E-state index contributed by atoms with van der Waals surface area (Å²) in [7, 11) is 0. The van der Waals surface area contributed by atoms with E-state index in [9.17, 15) is 9.90 Å². The largest absolute Gasteiger partial charge is 0.493 e. The van der Waals surface area contributed by atoms with Gasteiger partial charge in [0.15, 0.2) is 0 Å². The number of hydrogen-bond donors (Lipinski definition) is 1. The summed E-state index contributed by atoms with van der Waals surface area (Å²) in [6.45, 7) is 6.79. The molecule has 0 saturated carbocycles. The Hall–Kier alpha value is -1.51. The van der Waals surface area contributed by atoms with Gasteiger partial charge in [0.2, 0.25) is 0 Å². The number of rotatable bonds is 2. The van der Waals surface area contributed by atoms with Gasteiger partial charge >= 0.3 is 5.97 Å². The van der Waals surface area contributed by atoms with Crippen LogP contribution < -0.4 is 4.74 Å². The first kappa shape index (κ1) is 12.9. The van der Waals surface area contributed by atoms with Crippen molar-refractivity contribution in [3.8, 4) is 5.75 Å². The Morgan fingerprint density at radius 3 is 2.78 bits per heavy atom. The quantitative estimate of drug-likeness (QED) is 0.871. The van der Waals surface area contributed by atoms with Crippen LogP contribution in [0.15, 0.2) is 12.1 Å². The summed E-state index contributed by atoms with van der Waals surface area (Å²) >= 11 is 0. The van der Waals surface area contributed by atoms with Crippen molar-refractivity contribution in [3.05, 3.63) is 28.8 Å². The number of aliphatic carboxylic acids is 1. The zero-order valence-corrected chi connectivity index (χ0v) is 11.2. The third-order valence-corrected chi connectivity index (χ3v) is 3.60. The van der Waals surface area contributed by atoms with Crippen LogP contribution >= 0.6 is 0 Å². The number of benzene rings is 1. The second-order valence-electron chi connectivity index (χ2n) is 5.25. The molecule has 1 aliphatic rings. The average Bonchev–Trinajstić information content (AvgIpc) is 2.52. The van der Waals surface area contributed by atoms with Crippen LogP contribution in [0.3, 0.4) is 0 Å². The normalized spacial score (nSPS) is 19.0. The SMILES string of the molecule is Cc1ccc(C(C)C)c2c1C(C(=O)O)CCCO2. The molecule has 0 aliphatic carbocycles. The molecule has 1 aromatic carbocycles. The molecule has 1 aromatic rings. The van der Waals surface area contributed by atoms with Gasteiger partial charge in [0.1, 0.15) is 5.75 Å². The van der Waals surface area contributed by atoms with E-state index in [1.807, 2.05) is 13.0 Å². The van der Waals surface area contributed by atoms with E-state index < -0.39 is 11.9 Å². The molecular weight excluding hydrogens is 228 g/mol. The predicted molar refractivity (Wildman–Crippen MR) is 70.4 cm³/mol. The molecule has 3 nitrogen and oxygen atoms in total. The maximum absolute atomic E-state index is 11.4. The maximum atomic E-state index is 11.4. The number of carboxylic acids is 1. The molecule has 1 heterocycles. The number of ether oxygens (including phenoxy) is 1. The van der Waals surface area contributed by atoms with E-state index in [4.69, 9.17) is 4.74 Å². The zero-order valence-electron chi connectivity index (χ0n) is 11.2. The average molecular weight is 248 g/mol. The Labute approximate surface area is 108 Å². The molecule has 0 aromatic heterocycles. The van der Waals surface area contributed by atoms with Gasteiger partial charge in [-0.2, -0.15) is 0 Å². The minimum absolute atomic E-state index is 0.340. The summed E-state index contributed by atoms with van der Waals surface area (Å²) in [5.74, 6) is -0.0197. The predicted octanol–water partition coefficient (Wildman–Crippen LogP) is 3.46. The third kappa shape index (κ3) is 2.22. The molecule has 0 radical (unpaired) electrons. The van der Waals surface area contributed by atoms with Crippen molar-refractivity contribution in [2.24, 2.45) is 0 Å². The van der Waals surface area contributed by atoms with Crippen molar-refractivity contribution in [1.29, 1.82) is 0 Å². The minimum Gasteiger partial charge on any atom is -0.493 e. The fraction of sp³-hybridized carbons (Fsp3) is 0.533. The van der Waals surface area contributed by atoms with Gasteiger partial charge in [-0.3, -0.25) is 4.79 Å². The van der Waals surface area contributed by atoms with Crippen LogP contribution in [0, 0.1) is 6.92 Å². The van der Waals surface area contributed by atoms with E-state index in [1.54, 1.807) is 0 Å². The summed E-state index contributed by atoms with van der Waals surface area (Å²) in [4.78, 5) is 11.4. The first-order valence-electron chi connectivity index (χ1n) is 6.51. The van der Waals surface area contributed by atoms with Crippen molar-refractivity contribution >= 4 is 5.97 Å². The van der Waals surface area contributed by atoms with Gasteiger partial charge in [-0.1, -0.05) is 26.0 Å². The van der Waals surface area contributed by atoms with E-state index in [0.717, 1.165) is 28.9 Å². The highest BCUT2D eigenvalue weighted by molar-refractivity contribution is 5.78. The van der Waals surface area contributed by atoms with Crippen LogP contribution in [0.1, 0.15) is 55.2 Å². The van der Waals surface area contributed by atoms with Crippen molar-refractivity contribution in [2.45, 2.75) is 45.4 Å². The Balaban J connectivity index is 2.62. The molecule has 1 atom stereocenters. The number of hydrogen-bond acceptors (Lipinski definition) is 2. The standard InChI is InChI=1S/C15H20O3/c1-9(2)11-7-6-10(3)13-12(15(16)17)5-4-8-18-14(11)13/h6-7,9,12H,4-5,8H2,1-3H3,(H,16,17). The van der Waals surface area contributed by atoms with Crippen LogP contribution in [-0.2, 0) is 4.79 Å². The van der Waals surface area contributed by atoms with Crippen LogP contribution in [-0.4, -0.2) is 17.7 Å². The molecule has 98 valence electrons. The Morgan fingerprint density at radius 2 is 2.17 bits per heavy atom. The Morgan fingerprint density at radius 1 is 1.44 bits per heavy atom. The number of aryl methyl sites for hydroxylation is 1. The van der Waals surface area contributed by atoms with E-state index >= 15 is 0 Å². The van der Waals surface area contributed by atoms with Gasteiger partial charge in [0.25, 0.3) is 0 Å². The lowest BCUT2D eigenvalue weighted by atomic mass is 9.87. The molecule has 0 amide bonds. The second kappa shape index (κ2) is 5.01. The molecule has 18 heavy (non-hydrogen) atoms. The summed E-state index contributed by atoms with van der Waals surface area (Å²) in [5, 5.41) is 9.41. The fourth-order valence-corrected chi connectivity index (χ4v) is 2.62.